The summed E-state index contributed by atoms with van der Waals surface area (Å²) in [5.74, 6) is -0.600. The number of benzene rings is 3. The number of carbonyl (C=O) groups is 2. The lowest BCUT2D eigenvalue weighted by Crippen LogP contribution is -2.19. The lowest BCUT2D eigenvalue weighted by Gasteiger charge is -2.16. The van der Waals surface area contributed by atoms with Gasteiger partial charge in [-0.1, -0.05) is 53.7 Å². The van der Waals surface area contributed by atoms with Gasteiger partial charge in [-0.15, -0.1) is 0 Å². The fourth-order valence-electron chi connectivity index (χ4n) is 3.14. The summed E-state index contributed by atoms with van der Waals surface area (Å²) in [4.78, 5) is 32.9. The zero-order valence-electron chi connectivity index (χ0n) is 17.2. The summed E-state index contributed by atoms with van der Waals surface area (Å²) in [5, 5.41) is 3.61. The van der Waals surface area contributed by atoms with Gasteiger partial charge in [0.2, 0.25) is 5.91 Å². The number of hydrogen-bond acceptors (Lipinski definition) is 5. The molecule has 162 valence electrons. The van der Waals surface area contributed by atoms with Crippen molar-refractivity contribution in [1.29, 1.82) is 0 Å². The van der Waals surface area contributed by atoms with Crippen LogP contribution in [0.1, 0.15) is 28.1 Å². The van der Waals surface area contributed by atoms with Gasteiger partial charge in [-0.3, -0.25) is 4.79 Å². The summed E-state index contributed by atoms with van der Waals surface area (Å²) in [6.45, 7) is 2.06. The van der Waals surface area contributed by atoms with Gasteiger partial charge < -0.3 is 15.0 Å². The first kappa shape index (κ1) is 21.9. The van der Waals surface area contributed by atoms with Gasteiger partial charge in [0.1, 0.15) is 5.25 Å². The second-order valence-electron chi connectivity index (χ2n) is 6.90. The van der Waals surface area contributed by atoms with Crippen molar-refractivity contribution in [3.8, 4) is 0 Å². The van der Waals surface area contributed by atoms with Crippen LogP contribution in [0.4, 0.5) is 5.69 Å². The van der Waals surface area contributed by atoms with Gasteiger partial charge >= 0.3 is 5.97 Å². The van der Waals surface area contributed by atoms with Crippen molar-refractivity contribution < 1.29 is 14.3 Å². The largest absolute Gasteiger partial charge is 0.462 e. The zero-order chi connectivity index (χ0) is 22.5. The van der Waals surface area contributed by atoms with E-state index in [0.717, 1.165) is 16.6 Å². The van der Waals surface area contributed by atoms with Gasteiger partial charge in [0.25, 0.3) is 0 Å². The molecule has 2 N–H and O–H groups in total. The molecule has 0 radical (unpaired) electrons. The normalized spacial score (nSPS) is 11.8. The zero-order valence-corrected chi connectivity index (χ0v) is 18.7. The number of halogens is 1. The molecule has 1 aromatic heterocycles. The number of imidazole rings is 1. The first-order valence-corrected chi connectivity index (χ1v) is 11.2. The highest BCUT2D eigenvalue weighted by atomic mass is 35.5. The van der Waals surface area contributed by atoms with Gasteiger partial charge in [-0.25, -0.2) is 9.78 Å². The average molecular weight is 466 g/mol. The van der Waals surface area contributed by atoms with E-state index in [-0.39, 0.29) is 5.91 Å². The number of fused-ring (bicyclic) bond motifs is 1. The minimum absolute atomic E-state index is 0.205. The molecule has 8 heteroatoms. The van der Waals surface area contributed by atoms with E-state index in [0.29, 0.717) is 28.0 Å². The first-order valence-electron chi connectivity index (χ1n) is 9.98. The highest BCUT2D eigenvalue weighted by Crippen LogP contribution is 2.36. The van der Waals surface area contributed by atoms with Crippen LogP contribution >= 0.6 is 23.4 Å². The summed E-state index contributed by atoms with van der Waals surface area (Å²) < 4.78 is 5.00. The fourth-order valence-corrected chi connectivity index (χ4v) is 4.31. The highest BCUT2D eigenvalue weighted by molar-refractivity contribution is 8.00. The van der Waals surface area contributed by atoms with Gasteiger partial charge in [-0.05, 0) is 55.0 Å². The lowest BCUT2D eigenvalue weighted by molar-refractivity contribution is -0.115. The summed E-state index contributed by atoms with van der Waals surface area (Å²) >= 11 is 7.39. The maximum atomic E-state index is 13.2. The molecule has 4 aromatic rings. The van der Waals surface area contributed by atoms with E-state index in [9.17, 15) is 9.59 Å². The Labute approximate surface area is 194 Å². The van der Waals surface area contributed by atoms with Crippen LogP contribution in [-0.4, -0.2) is 28.5 Å². The SMILES string of the molecule is CCOC(=O)c1ccc(NC(=O)[C@@H](Sc2nc3ccc(Cl)cc3[nH]2)c2ccccc2)cc1. The average Bonchev–Trinajstić information content (AvgIpc) is 3.20. The Balaban J connectivity index is 1.56. The molecule has 0 bridgehead atoms. The predicted octanol–water partition coefficient (Wildman–Crippen LogP) is 5.87. The summed E-state index contributed by atoms with van der Waals surface area (Å²) in [5.41, 5.74) is 3.44. The van der Waals surface area contributed by atoms with Crippen molar-refractivity contribution in [2.75, 3.05) is 11.9 Å². The lowest BCUT2D eigenvalue weighted by atomic mass is 10.1. The van der Waals surface area contributed by atoms with Crippen LogP contribution < -0.4 is 5.32 Å². The predicted molar refractivity (Wildman–Crippen MR) is 127 cm³/mol. The molecular weight excluding hydrogens is 446 g/mol. The van der Waals surface area contributed by atoms with Crippen molar-refractivity contribution in [3.63, 3.8) is 0 Å². The van der Waals surface area contributed by atoms with Gasteiger partial charge in [0.15, 0.2) is 5.16 Å². The molecule has 0 saturated heterocycles. The van der Waals surface area contributed by atoms with E-state index in [1.165, 1.54) is 11.8 Å². The van der Waals surface area contributed by atoms with Gasteiger partial charge in [-0.2, -0.15) is 0 Å². The number of thioether (sulfide) groups is 1. The Bertz CT molecular complexity index is 1240. The van der Waals surface area contributed by atoms with Crippen molar-refractivity contribution in [1.82, 2.24) is 9.97 Å². The van der Waals surface area contributed by atoms with Crippen LogP contribution in [0.25, 0.3) is 11.0 Å². The van der Waals surface area contributed by atoms with E-state index in [1.807, 2.05) is 36.4 Å². The molecule has 0 spiro atoms. The first-order chi connectivity index (χ1) is 15.5. The van der Waals surface area contributed by atoms with E-state index < -0.39 is 11.2 Å². The molecule has 0 unspecified atom stereocenters. The van der Waals surface area contributed by atoms with Crippen LogP contribution in [0.3, 0.4) is 0 Å². The van der Waals surface area contributed by atoms with Gasteiger partial charge in [0.05, 0.1) is 23.2 Å². The van der Waals surface area contributed by atoms with Crippen molar-refractivity contribution >= 4 is 52.0 Å². The second-order valence-corrected chi connectivity index (χ2v) is 8.43. The Kier molecular flexibility index (Phi) is 6.78. The molecule has 0 aliphatic heterocycles. The number of rotatable bonds is 7. The molecule has 0 saturated carbocycles. The number of nitrogens with zero attached hydrogens (tertiary/aromatic N) is 1. The Hall–Kier alpha value is -3.29. The number of nitrogens with one attached hydrogen (secondary N) is 2. The van der Waals surface area contributed by atoms with E-state index in [2.05, 4.69) is 15.3 Å². The number of aromatic nitrogens is 2. The Morgan fingerprint density at radius 1 is 1.09 bits per heavy atom. The quantitative estimate of drug-likeness (QED) is 0.263. The number of aromatic amines is 1. The van der Waals surface area contributed by atoms with E-state index >= 15 is 0 Å². The number of hydrogen-bond donors (Lipinski definition) is 2. The van der Waals surface area contributed by atoms with Crippen LogP contribution in [0, 0.1) is 0 Å². The topological polar surface area (TPSA) is 84.1 Å². The minimum Gasteiger partial charge on any atom is -0.462 e. The third-order valence-electron chi connectivity index (χ3n) is 4.66. The van der Waals surface area contributed by atoms with Crippen molar-refractivity contribution in [3.05, 3.63) is 88.9 Å². The minimum atomic E-state index is -0.544. The van der Waals surface area contributed by atoms with Crippen LogP contribution in [0.5, 0.6) is 0 Å². The molecule has 1 heterocycles. The molecule has 0 aliphatic carbocycles. The number of ether oxygens (including phenoxy) is 1. The third-order valence-corrected chi connectivity index (χ3v) is 6.03. The fraction of sp³-hybridized carbons (Fsp3) is 0.125. The molecule has 4 rings (SSSR count). The summed E-state index contributed by atoms with van der Waals surface area (Å²) in [6, 6.07) is 21.5. The molecule has 3 aromatic carbocycles. The highest BCUT2D eigenvalue weighted by Gasteiger charge is 2.24. The Morgan fingerprint density at radius 2 is 1.84 bits per heavy atom. The molecular formula is C24H20ClN3O3S. The maximum absolute atomic E-state index is 13.2. The molecule has 1 amide bonds. The van der Waals surface area contributed by atoms with E-state index in [1.54, 1.807) is 43.3 Å². The Morgan fingerprint density at radius 3 is 2.56 bits per heavy atom. The molecule has 0 fully saturated rings. The van der Waals surface area contributed by atoms with E-state index in [4.69, 9.17) is 16.3 Å². The smallest absolute Gasteiger partial charge is 0.338 e. The maximum Gasteiger partial charge on any atom is 0.338 e. The number of amides is 1. The molecule has 6 nitrogen and oxygen atoms in total. The number of carbonyl (C=O) groups excluding carboxylic acids is 2. The number of H-pyrrole nitrogens is 1. The van der Waals surface area contributed by atoms with Crippen molar-refractivity contribution in [2.24, 2.45) is 0 Å². The standard InChI is InChI=1S/C24H20ClN3O3S/c1-2-31-23(30)16-8-11-18(12-9-16)26-22(29)21(15-6-4-3-5-7-15)32-24-27-19-13-10-17(25)14-20(19)28-24/h3-14,21H,2H2,1H3,(H,26,29)(H,27,28)/t21-/m0/s1. The van der Waals surface area contributed by atoms with Crippen molar-refractivity contribution in [2.45, 2.75) is 17.3 Å². The summed E-state index contributed by atoms with van der Waals surface area (Å²) in [7, 11) is 0. The summed E-state index contributed by atoms with van der Waals surface area (Å²) in [6.07, 6.45) is 0. The van der Waals surface area contributed by atoms with Crippen LogP contribution in [0.2, 0.25) is 5.02 Å². The number of anilines is 1. The molecule has 32 heavy (non-hydrogen) atoms. The third kappa shape index (κ3) is 5.12. The van der Waals surface area contributed by atoms with Crippen LogP contribution in [-0.2, 0) is 9.53 Å². The van der Waals surface area contributed by atoms with Crippen LogP contribution in [0.15, 0.2) is 78.0 Å². The monoisotopic (exact) mass is 465 g/mol. The second kappa shape index (κ2) is 9.89. The van der Waals surface area contributed by atoms with Gasteiger partial charge in [0, 0.05) is 10.7 Å². The number of esters is 1. The molecule has 0 aliphatic rings. The molecule has 1 atom stereocenters.